The number of fused-ring (bicyclic) bond motifs is 1. The van der Waals surface area contributed by atoms with E-state index in [1.807, 2.05) is 23.1 Å². The van der Waals surface area contributed by atoms with Crippen molar-refractivity contribution in [1.82, 2.24) is 9.97 Å². The normalized spacial score (nSPS) is 21.2. The summed E-state index contributed by atoms with van der Waals surface area (Å²) in [7, 11) is 3.03. The zero-order chi connectivity index (χ0) is 19.5. The van der Waals surface area contributed by atoms with Gasteiger partial charge in [0, 0.05) is 25.6 Å². The molecule has 28 heavy (non-hydrogen) atoms. The lowest BCUT2D eigenvalue weighted by atomic mass is 10.0. The molecule has 4 rings (SSSR count). The molecule has 0 unspecified atom stereocenters. The zero-order valence-corrected chi connectivity index (χ0v) is 15.8. The van der Waals surface area contributed by atoms with Crippen LogP contribution in [0.15, 0.2) is 24.3 Å². The Labute approximate surface area is 162 Å². The summed E-state index contributed by atoms with van der Waals surface area (Å²) in [4.78, 5) is 10.4. The fraction of sp³-hybridized carbons (Fsp3) is 0.474. The first-order chi connectivity index (χ1) is 13.7. The second-order valence-corrected chi connectivity index (χ2v) is 6.49. The fourth-order valence-corrected chi connectivity index (χ4v) is 3.31. The molecular weight excluding hydrogens is 366 g/mol. The average molecular weight is 389 g/mol. The summed E-state index contributed by atoms with van der Waals surface area (Å²) in [6.07, 6.45) is -0.458. The van der Waals surface area contributed by atoms with Gasteiger partial charge >= 0.3 is 6.01 Å². The molecular formula is C19H23N3O6. The number of piperidine rings is 1. The van der Waals surface area contributed by atoms with Crippen molar-refractivity contribution in [3.8, 4) is 29.1 Å². The van der Waals surface area contributed by atoms with Crippen molar-refractivity contribution in [3.05, 3.63) is 24.3 Å². The highest BCUT2D eigenvalue weighted by molar-refractivity contribution is 5.52. The maximum Gasteiger partial charge on any atom is 0.321 e. The molecule has 0 saturated carbocycles. The van der Waals surface area contributed by atoms with Gasteiger partial charge in [-0.2, -0.15) is 9.97 Å². The van der Waals surface area contributed by atoms with Gasteiger partial charge in [0.05, 0.1) is 14.2 Å². The summed E-state index contributed by atoms with van der Waals surface area (Å²) < 4.78 is 27.7. The quantitative estimate of drug-likeness (QED) is 0.811. The van der Waals surface area contributed by atoms with Gasteiger partial charge in [0.2, 0.25) is 11.6 Å². The first-order valence-corrected chi connectivity index (χ1v) is 9.13. The van der Waals surface area contributed by atoms with E-state index in [1.54, 1.807) is 6.07 Å². The molecule has 0 radical (unpaired) electrons. The second kappa shape index (κ2) is 7.97. The third kappa shape index (κ3) is 3.70. The largest absolute Gasteiger partial charge is 0.486 e. The van der Waals surface area contributed by atoms with E-state index < -0.39 is 6.10 Å². The van der Waals surface area contributed by atoms with E-state index >= 15 is 0 Å². The third-order valence-corrected chi connectivity index (χ3v) is 4.71. The van der Waals surface area contributed by atoms with E-state index in [0.29, 0.717) is 61.7 Å². The molecule has 2 aromatic rings. The Balaban J connectivity index is 1.46. The van der Waals surface area contributed by atoms with Crippen molar-refractivity contribution in [2.75, 3.05) is 45.4 Å². The highest BCUT2D eigenvalue weighted by Crippen LogP contribution is 2.40. The Morgan fingerprint density at radius 1 is 1.14 bits per heavy atom. The first-order valence-electron chi connectivity index (χ1n) is 9.13. The number of nitrogens with zero attached hydrogens (tertiary/aromatic N) is 3. The number of benzene rings is 1. The maximum atomic E-state index is 10.7. The molecule has 1 fully saturated rings. The topological polar surface area (TPSA) is 95.4 Å². The van der Waals surface area contributed by atoms with Crippen LogP contribution in [0.1, 0.15) is 6.42 Å². The van der Waals surface area contributed by atoms with Crippen LogP contribution in [-0.4, -0.2) is 67.8 Å². The molecule has 2 aliphatic heterocycles. The Kier molecular flexibility index (Phi) is 5.25. The van der Waals surface area contributed by atoms with Crippen LogP contribution < -0.4 is 28.6 Å². The highest BCUT2D eigenvalue weighted by atomic mass is 16.6. The standard InChI is InChI=1S/C19H23N3O6/c1-24-17-10-16(20-19(21-17)25-2)22-7-6-13(12(23)11-22)28-15-5-3-4-14-18(15)27-9-8-26-14/h3-5,10,12-13,23H,6-9,11H2,1-2H3/t12-,13-/m1/s1. The number of aliphatic hydroxyl groups is 1. The van der Waals surface area contributed by atoms with Gasteiger partial charge in [0.25, 0.3) is 0 Å². The van der Waals surface area contributed by atoms with Crippen LogP contribution in [0, 0.1) is 0 Å². The highest BCUT2D eigenvalue weighted by Gasteiger charge is 2.32. The number of β-amino-alcohol motifs (C(OH)–C–C–N with tert-alkyl or cyclic N) is 1. The van der Waals surface area contributed by atoms with E-state index in [0.717, 1.165) is 0 Å². The smallest absolute Gasteiger partial charge is 0.321 e. The van der Waals surface area contributed by atoms with E-state index in [2.05, 4.69) is 9.97 Å². The number of aromatic nitrogens is 2. The van der Waals surface area contributed by atoms with Crippen LogP contribution in [0.2, 0.25) is 0 Å². The average Bonchev–Trinajstić information content (AvgIpc) is 2.75. The lowest BCUT2D eigenvalue weighted by molar-refractivity contribution is 0.0209. The molecule has 1 N–H and O–H groups in total. The monoisotopic (exact) mass is 389 g/mol. The van der Waals surface area contributed by atoms with Gasteiger partial charge in [-0.1, -0.05) is 6.07 Å². The predicted molar refractivity (Wildman–Crippen MR) is 99.8 cm³/mol. The number of anilines is 1. The minimum absolute atomic E-state index is 0.218. The van der Waals surface area contributed by atoms with E-state index in [1.165, 1.54) is 14.2 Å². The number of hydrogen-bond donors (Lipinski definition) is 1. The lowest BCUT2D eigenvalue weighted by Crippen LogP contribution is -2.49. The number of hydrogen-bond acceptors (Lipinski definition) is 9. The van der Waals surface area contributed by atoms with Gasteiger partial charge in [0.15, 0.2) is 11.5 Å². The number of para-hydroxylation sites is 1. The molecule has 1 saturated heterocycles. The number of aliphatic hydroxyl groups excluding tert-OH is 1. The molecule has 0 amide bonds. The van der Waals surface area contributed by atoms with Gasteiger partial charge in [-0.05, 0) is 12.1 Å². The molecule has 1 aromatic carbocycles. The molecule has 0 bridgehead atoms. The first kappa shape index (κ1) is 18.4. The van der Waals surface area contributed by atoms with Crippen molar-refractivity contribution in [1.29, 1.82) is 0 Å². The number of methoxy groups -OCH3 is 2. The molecule has 9 nitrogen and oxygen atoms in total. The Morgan fingerprint density at radius 3 is 2.79 bits per heavy atom. The van der Waals surface area contributed by atoms with Gasteiger partial charge < -0.3 is 33.7 Å². The van der Waals surface area contributed by atoms with E-state index in [-0.39, 0.29) is 12.1 Å². The van der Waals surface area contributed by atoms with Gasteiger partial charge in [-0.15, -0.1) is 0 Å². The summed E-state index contributed by atoms with van der Waals surface area (Å²) in [5.74, 6) is 2.88. The van der Waals surface area contributed by atoms with Crippen molar-refractivity contribution < 1.29 is 28.8 Å². The van der Waals surface area contributed by atoms with E-state index in [4.69, 9.17) is 23.7 Å². The van der Waals surface area contributed by atoms with Gasteiger partial charge in [0.1, 0.15) is 31.2 Å². The van der Waals surface area contributed by atoms with Crippen molar-refractivity contribution in [2.45, 2.75) is 18.6 Å². The third-order valence-electron chi connectivity index (χ3n) is 4.71. The van der Waals surface area contributed by atoms with Crippen LogP contribution in [0.3, 0.4) is 0 Å². The maximum absolute atomic E-state index is 10.7. The Hall–Kier alpha value is -2.94. The molecule has 2 aliphatic rings. The van der Waals surface area contributed by atoms with Gasteiger partial charge in [-0.3, -0.25) is 0 Å². The molecule has 1 aromatic heterocycles. The summed E-state index contributed by atoms with van der Waals surface area (Å²) in [5.41, 5.74) is 0. The number of rotatable bonds is 5. The van der Waals surface area contributed by atoms with Crippen molar-refractivity contribution in [3.63, 3.8) is 0 Å². The molecule has 9 heteroatoms. The fourth-order valence-electron chi connectivity index (χ4n) is 3.31. The van der Waals surface area contributed by atoms with Crippen LogP contribution in [-0.2, 0) is 0 Å². The number of ether oxygens (including phenoxy) is 5. The van der Waals surface area contributed by atoms with E-state index in [9.17, 15) is 5.11 Å². The zero-order valence-electron chi connectivity index (χ0n) is 15.8. The summed E-state index contributed by atoms with van der Waals surface area (Å²) >= 11 is 0. The molecule has 3 heterocycles. The van der Waals surface area contributed by atoms with Crippen LogP contribution >= 0.6 is 0 Å². The van der Waals surface area contributed by atoms with Crippen molar-refractivity contribution >= 4 is 5.82 Å². The minimum Gasteiger partial charge on any atom is -0.486 e. The molecule has 150 valence electrons. The van der Waals surface area contributed by atoms with Crippen LogP contribution in [0.4, 0.5) is 5.82 Å². The summed E-state index contributed by atoms with van der Waals surface area (Å²) in [6.45, 7) is 2.01. The second-order valence-electron chi connectivity index (χ2n) is 6.49. The van der Waals surface area contributed by atoms with Crippen molar-refractivity contribution in [2.24, 2.45) is 0 Å². The Morgan fingerprint density at radius 2 is 2.00 bits per heavy atom. The SMILES string of the molecule is COc1cc(N2CC[C@@H](Oc3cccc4c3OCCO4)[C@H](O)C2)nc(OC)n1. The predicted octanol–water partition coefficient (Wildman–Crippen LogP) is 1.28. The van der Waals surface area contributed by atoms with Crippen LogP contribution in [0.5, 0.6) is 29.1 Å². The van der Waals surface area contributed by atoms with Crippen LogP contribution in [0.25, 0.3) is 0 Å². The molecule has 0 aliphatic carbocycles. The van der Waals surface area contributed by atoms with Gasteiger partial charge in [-0.25, -0.2) is 0 Å². The minimum atomic E-state index is -0.707. The Bertz CT molecular complexity index is 811. The summed E-state index contributed by atoms with van der Waals surface area (Å²) in [6, 6.07) is 7.46. The molecule has 0 spiro atoms. The molecule has 2 atom stereocenters. The summed E-state index contributed by atoms with van der Waals surface area (Å²) in [5, 5.41) is 10.7. The lowest BCUT2D eigenvalue weighted by Gasteiger charge is -2.37.